The van der Waals surface area contributed by atoms with Crippen molar-refractivity contribution < 1.29 is 22.7 Å². The van der Waals surface area contributed by atoms with Crippen LogP contribution in [0.15, 0.2) is 47.4 Å². The number of amides is 1. The molecule has 1 aromatic heterocycles. The molecule has 3 aromatic rings. The number of ether oxygens (including phenoxy) is 2. The van der Waals surface area contributed by atoms with Gasteiger partial charge in [-0.1, -0.05) is 37.3 Å². The summed E-state index contributed by atoms with van der Waals surface area (Å²) in [6.07, 6.45) is 1.34. The van der Waals surface area contributed by atoms with Crippen LogP contribution in [0.5, 0.6) is 11.5 Å². The van der Waals surface area contributed by atoms with Gasteiger partial charge in [0.15, 0.2) is 11.5 Å². The van der Waals surface area contributed by atoms with Crippen molar-refractivity contribution in [3.8, 4) is 11.5 Å². The average molecular weight is 501 g/mol. The molecule has 11 heteroatoms. The van der Waals surface area contributed by atoms with Crippen molar-refractivity contribution in [3.63, 3.8) is 0 Å². The lowest BCUT2D eigenvalue weighted by atomic mass is 10.0. The third-order valence-electron chi connectivity index (χ3n) is 5.91. The second-order valence-electron chi connectivity index (χ2n) is 8.47. The lowest BCUT2D eigenvalue weighted by Gasteiger charge is -2.22. The summed E-state index contributed by atoms with van der Waals surface area (Å²) in [6, 6.07) is 11.7. The number of carbonyl (C=O) groups excluding carboxylic acids is 1. The molecule has 0 aliphatic carbocycles. The van der Waals surface area contributed by atoms with E-state index in [4.69, 9.17) is 9.47 Å². The third-order valence-corrected chi connectivity index (χ3v) is 8.85. The van der Waals surface area contributed by atoms with E-state index in [0.717, 1.165) is 16.9 Å². The Labute approximate surface area is 201 Å². The molecule has 2 aliphatic heterocycles. The van der Waals surface area contributed by atoms with E-state index >= 15 is 0 Å². The molecule has 5 rings (SSSR count). The summed E-state index contributed by atoms with van der Waals surface area (Å²) in [5, 5.41) is 11.6. The predicted octanol–water partition coefficient (Wildman–Crippen LogP) is 4.17. The van der Waals surface area contributed by atoms with Crippen molar-refractivity contribution in [2.75, 3.05) is 18.7 Å². The molecule has 0 bridgehead atoms. The van der Waals surface area contributed by atoms with E-state index in [2.05, 4.69) is 29.4 Å². The van der Waals surface area contributed by atoms with E-state index in [9.17, 15) is 13.2 Å². The summed E-state index contributed by atoms with van der Waals surface area (Å²) in [6.45, 7) is 4.68. The first kappa shape index (κ1) is 22.8. The van der Waals surface area contributed by atoms with Crippen LogP contribution >= 0.6 is 11.3 Å². The molecular formula is C23H24N4O5S2. The fourth-order valence-electron chi connectivity index (χ4n) is 4.05. The molecule has 0 unspecified atom stereocenters. The average Bonchev–Trinajstić information content (AvgIpc) is 3.58. The van der Waals surface area contributed by atoms with E-state index in [-0.39, 0.29) is 16.7 Å². The van der Waals surface area contributed by atoms with Gasteiger partial charge in [-0.2, -0.15) is 4.31 Å². The minimum absolute atomic E-state index is 0.148. The lowest BCUT2D eigenvalue weighted by molar-refractivity contribution is 0.102. The Morgan fingerprint density at radius 2 is 1.88 bits per heavy atom. The number of carbonyl (C=O) groups is 1. The van der Waals surface area contributed by atoms with Crippen LogP contribution in [0.1, 0.15) is 59.0 Å². The Morgan fingerprint density at radius 3 is 2.65 bits per heavy atom. The van der Waals surface area contributed by atoms with Crippen molar-refractivity contribution in [3.05, 3.63) is 58.0 Å². The summed E-state index contributed by atoms with van der Waals surface area (Å²) < 4.78 is 38.8. The molecule has 2 aromatic carbocycles. The van der Waals surface area contributed by atoms with Crippen molar-refractivity contribution in [1.29, 1.82) is 0 Å². The second kappa shape index (κ2) is 8.97. The van der Waals surface area contributed by atoms with Crippen LogP contribution in [0.4, 0.5) is 5.69 Å². The number of rotatable bonds is 6. The summed E-state index contributed by atoms with van der Waals surface area (Å²) in [5.41, 5.74) is 1.63. The summed E-state index contributed by atoms with van der Waals surface area (Å²) in [5.74, 6) is 1.08. The zero-order valence-electron chi connectivity index (χ0n) is 18.7. The summed E-state index contributed by atoms with van der Waals surface area (Å²) in [7, 11) is -3.70. The Bertz CT molecular complexity index is 1320. The lowest BCUT2D eigenvalue weighted by Crippen LogP contribution is -2.30. The number of hydrogen-bond donors (Lipinski definition) is 1. The molecule has 9 nitrogen and oxygen atoms in total. The number of benzene rings is 2. The van der Waals surface area contributed by atoms with Gasteiger partial charge in [0.2, 0.25) is 21.8 Å². The van der Waals surface area contributed by atoms with E-state index in [1.54, 1.807) is 30.3 Å². The van der Waals surface area contributed by atoms with Gasteiger partial charge in [-0.15, -0.1) is 10.2 Å². The number of fused-ring (bicyclic) bond motifs is 1. The van der Waals surface area contributed by atoms with Crippen molar-refractivity contribution in [2.45, 2.75) is 43.5 Å². The molecular weight excluding hydrogens is 476 g/mol. The van der Waals surface area contributed by atoms with Gasteiger partial charge in [0, 0.05) is 18.3 Å². The van der Waals surface area contributed by atoms with E-state index in [1.807, 2.05) is 12.1 Å². The molecule has 1 N–H and O–H groups in total. The second-order valence-corrected chi connectivity index (χ2v) is 11.4. The Balaban J connectivity index is 1.33. The molecule has 2 aliphatic rings. The van der Waals surface area contributed by atoms with Gasteiger partial charge in [0.1, 0.15) is 5.01 Å². The third kappa shape index (κ3) is 4.26. The predicted molar refractivity (Wildman–Crippen MR) is 127 cm³/mol. The quantitative estimate of drug-likeness (QED) is 0.541. The highest BCUT2D eigenvalue weighted by atomic mass is 32.2. The van der Waals surface area contributed by atoms with Gasteiger partial charge in [-0.25, -0.2) is 8.42 Å². The fraction of sp³-hybridized carbons (Fsp3) is 0.348. The smallest absolute Gasteiger partial charge is 0.286 e. The molecule has 178 valence electrons. The standard InChI is InChI=1S/C23H24N4O5S2/c1-14(2)15-5-8-17(9-6-15)34(29,30)27-11-3-4-18(27)22-25-26-23(33-22)21(28)24-16-7-10-19-20(12-16)32-13-31-19/h5-10,12,14,18H,3-4,11,13H2,1-2H3,(H,24,28)/t18-/m0/s1. The summed E-state index contributed by atoms with van der Waals surface area (Å²) in [4.78, 5) is 13.0. The number of anilines is 1. The minimum Gasteiger partial charge on any atom is -0.454 e. The molecule has 1 fully saturated rings. The van der Waals surface area contributed by atoms with E-state index < -0.39 is 22.0 Å². The summed E-state index contributed by atoms with van der Waals surface area (Å²) >= 11 is 1.11. The molecule has 1 atom stereocenters. The first-order valence-electron chi connectivity index (χ1n) is 11.0. The number of sulfonamides is 1. The van der Waals surface area contributed by atoms with Crippen LogP contribution in [0, 0.1) is 0 Å². The monoisotopic (exact) mass is 500 g/mol. The van der Waals surface area contributed by atoms with E-state index in [0.29, 0.717) is 47.5 Å². The van der Waals surface area contributed by atoms with Crippen LogP contribution in [0.25, 0.3) is 0 Å². The van der Waals surface area contributed by atoms with Gasteiger partial charge in [-0.3, -0.25) is 4.79 Å². The normalized spacial score (nSPS) is 17.9. The molecule has 0 radical (unpaired) electrons. The molecule has 3 heterocycles. The SMILES string of the molecule is CC(C)c1ccc(S(=O)(=O)N2CCC[C@H]2c2nnc(C(=O)Nc3ccc4c(c3)OCO4)s2)cc1. The zero-order chi connectivity index (χ0) is 23.9. The topological polar surface area (TPSA) is 111 Å². The maximum Gasteiger partial charge on any atom is 0.286 e. The van der Waals surface area contributed by atoms with Gasteiger partial charge in [0.25, 0.3) is 5.91 Å². The van der Waals surface area contributed by atoms with Gasteiger partial charge in [0.05, 0.1) is 10.9 Å². The maximum absolute atomic E-state index is 13.4. The Hall–Kier alpha value is -3.02. The first-order valence-corrected chi connectivity index (χ1v) is 13.2. The van der Waals surface area contributed by atoms with Gasteiger partial charge >= 0.3 is 0 Å². The molecule has 0 saturated carbocycles. The Kier molecular flexibility index (Phi) is 6.00. The van der Waals surface area contributed by atoms with Crippen LogP contribution in [-0.2, 0) is 10.0 Å². The highest BCUT2D eigenvalue weighted by Crippen LogP contribution is 2.38. The highest BCUT2D eigenvalue weighted by molar-refractivity contribution is 7.89. The molecule has 0 spiro atoms. The maximum atomic E-state index is 13.4. The number of hydrogen-bond acceptors (Lipinski definition) is 8. The minimum atomic E-state index is -3.70. The molecule has 1 amide bonds. The zero-order valence-corrected chi connectivity index (χ0v) is 20.4. The largest absolute Gasteiger partial charge is 0.454 e. The van der Waals surface area contributed by atoms with Crippen molar-refractivity contribution >= 4 is 33.0 Å². The van der Waals surface area contributed by atoms with Crippen molar-refractivity contribution in [1.82, 2.24) is 14.5 Å². The van der Waals surface area contributed by atoms with E-state index in [1.165, 1.54) is 4.31 Å². The number of nitrogens with zero attached hydrogens (tertiary/aromatic N) is 3. The Morgan fingerprint density at radius 1 is 1.12 bits per heavy atom. The van der Waals surface area contributed by atoms with Crippen molar-refractivity contribution in [2.24, 2.45) is 0 Å². The fourth-order valence-corrected chi connectivity index (χ4v) is 6.67. The van der Waals surface area contributed by atoms with Crippen LogP contribution < -0.4 is 14.8 Å². The van der Waals surface area contributed by atoms with Crippen LogP contribution in [-0.4, -0.2) is 42.2 Å². The number of nitrogens with one attached hydrogen (secondary N) is 1. The van der Waals surface area contributed by atoms with Crippen LogP contribution in [0.2, 0.25) is 0 Å². The number of aromatic nitrogens is 2. The van der Waals surface area contributed by atoms with Crippen LogP contribution in [0.3, 0.4) is 0 Å². The highest BCUT2D eigenvalue weighted by Gasteiger charge is 2.38. The van der Waals surface area contributed by atoms with Gasteiger partial charge < -0.3 is 14.8 Å². The first-order chi connectivity index (χ1) is 16.3. The van der Waals surface area contributed by atoms with Gasteiger partial charge in [-0.05, 0) is 48.6 Å². The molecule has 34 heavy (non-hydrogen) atoms. The molecule has 1 saturated heterocycles.